The average molecular weight is 344 g/mol. The first-order valence-electron chi connectivity index (χ1n) is 7.76. The molecule has 0 aliphatic heterocycles. The van der Waals surface area contributed by atoms with Gasteiger partial charge in [-0.3, -0.25) is 9.59 Å². The maximum atomic E-state index is 12.9. The molecule has 0 aromatic heterocycles. The van der Waals surface area contributed by atoms with Gasteiger partial charge < -0.3 is 9.47 Å². The van der Waals surface area contributed by atoms with Crippen LogP contribution in [-0.4, -0.2) is 31.3 Å². The van der Waals surface area contributed by atoms with E-state index in [1.165, 1.54) is 12.1 Å². The van der Waals surface area contributed by atoms with Crippen LogP contribution in [0.1, 0.15) is 43.7 Å². The Labute approximate surface area is 137 Å². The molecule has 0 bridgehead atoms. The molecule has 4 nitrogen and oxygen atoms in total. The molecule has 0 saturated heterocycles. The fourth-order valence-corrected chi connectivity index (χ4v) is 3.27. The van der Waals surface area contributed by atoms with E-state index in [9.17, 15) is 22.8 Å². The summed E-state index contributed by atoms with van der Waals surface area (Å²) in [5.74, 6) is -2.71. The second-order valence-corrected chi connectivity index (χ2v) is 5.65. The van der Waals surface area contributed by atoms with Crippen molar-refractivity contribution in [2.24, 2.45) is 0 Å². The molecule has 2 rings (SSSR count). The largest absolute Gasteiger partial charge is 0.465 e. The van der Waals surface area contributed by atoms with E-state index in [-0.39, 0.29) is 25.2 Å². The molecule has 7 heteroatoms. The zero-order valence-corrected chi connectivity index (χ0v) is 13.5. The predicted molar refractivity (Wildman–Crippen MR) is 79.4 cm³/mol. The summed E-state index contributed by atoms with van der Waals surface area (Å²) in [6, 6.07) is 6.20. The second-order valence-electron chi connectivity index (χ2n) is 5.65. The van der Waals surface area contributed by atoms with Gasteiger partial charge in [-0.2, -0.15) is 13.2 Å². The predicted octanol–water partition coefficient (Wildman–Crippen LogP) is 3.49. The number of hydrogen-bond donors (Lipinski definition) is 0. The number of rotatable bonds is 5. The lowest BCUT2D eigenvalue weighted by molar-refractivity contribution is -0.166. The number of fused-ring (bicyclic) bond motifs is 1. The molecule has 132 valence electrons. The number of ether oxygens (including phenoxy) is 2. The normalized spacial score (nSPS) is 18.8. The Hall–Kier alpha value is -2.05. The first-order chi connectivity index (χ1) is 11.3. The molecule has 0 amide bonds. The number of benzene rings is 1. The van der Waals surface area contributed by atoms with Crippen LogP contribution >= 0.6 is 0 Å². The van der Waals surface area contributed by atoms with E-state index >= 15 is 0 Å². The summed E-state index contributed by atoms with van der Waals surface area (Å²) in [7, 11) is 0. The molecule has 0 saturated carbocycles. The Balaban J connectivity index is 2.55. The zero-order chi connectivity index (χ0) is 18.0. The minimum absolute atomic E-state index is 0.0199. The molecule has 0 radical (unpaired) electrons. The van der Waals surface area contributed by atoms with Crippen LogP contribution in [0.15, 0.2) is 24.3 Å². The topological polar surface area (TPSA) is 52.6 Å². The number of esters is 2. The molecule has 0 spiro atoms. The van der Waals surface area contributed by atoms with Crippen molar-refractivity contribution in [2.45, 2.75) is 44.2 Å². The van der Waals surface area contributed by atoms with Gasteiger partial charge in [-0.1, -0.05) is 24.3 Å². The first-order valence-corrected chi connectivity index (χ1v) is 7.76. The zero-order valence-electron chi connectivity index (χ0n) is 13.5. The first kappa shape index (κ1) is 18.3. The summed E-state index contributed by atoms with van der Waals surface area (Å²) in [5.41, 5.74) is -1.24. The summed E-state index contributed by atoms with van der Waals surface area (Å²) in [6.07, 6.45) is -5.81. The Morgan fingerprint density at radius 1 is 1.12 bits per heavy atom. The summed E-state index contributed by atoms with van der Waals surface area (Å²) in [5, 5.41) is 0. The van der Waals surface area contributed by atoms with Crippen LogP contribution in [0.4, 0.5) is 13.2 Å². The fourth-order valence-electron chi connectivity index (χ4n) is 3.27. The maximum Gasteiger partial charge on any atom is 0.389 e. The summed E-state index contributed by atoms with van der Waals surface area (Å²) in [4.78, 5) is 25.1. The second kappa shape index (κ2) is 6.83. The Bertz CT molecular complexity index is 607. The summed E-state index contributed by atoms with van der Waals surface area (Å²) >= 11 is 0. The standard InChI is InChI=1S/C17H19F3O4/c1-3-23-14(21)16(15(22)24-4-2)9-11(10-17(18,19)20)12-7-5-6-8-13(12)16/h5-8,11H,3-4,9-10H2,1-2H3. The lowest BCUT2D eigenvalue weighted by atomic mass is 9.81. The molecule has 1 aromatic rings. The Kier molecular flexibility index (Phi) is 5.20. The van der Waals surface area contributed by atoms with Crippen LogP contribution in [0.5, 0.6) is 0 Å². The Morgan fingerprint density at radius 2 is 1.67 bits per heavy atom. The third-order valence-electron chi connectivity index (χ3n) is 4.14. The van der Waals surface area contributed by atoms with Crippen LogP contribution in [0.25, 0.3) is 0 Å². The number of halogens is 3. The van der Waals surface area contributed by atoms with E-state index in [4.69, 9.17) is 9.47 Å². The lowest BCUT2D eigenvalue weighted by Crippen LogP contribution is -2.44. The third-order valence-corrected chi connectivity index (χ3v) is 4.14. The molecule has 1 aliphatic rings. The molecule has 0 heterocycles. The van der Waals surface area contributed by atoms with Crippen LogP contribution in [0, 0.1) is 0 Å². The van der Waals surface area contributed by atoms with Crippen LogP contribution in [-0.2, 0) is 24.5 Å². The molecule has 1 aromatic carbocycles. The van der Waals surface area contributed by atoms with Crippen molar-refractivity contribution < 1.29 is 32.2 Å². The number of carbonyl (C=O) groups is 2. The van der Waals surface area contributed by atoms with Gasteiger partial charge in [0, 0.05) is 0 Å². The van der Waals surface area contributed by atoms with Gasteiger partial charge in [-0.05, 0) is 37.3 Å². The number of hydrogen-bond acceptors (Lipinski definition) is 4. The van der Waals surface area contributed by atoms with Gasteiger partial charge >= 0.3 is 18.1 Å². The SMILES string of the molecule is CCOC(=O)C1(C(=O)OCC)CC(CC(F)(F)F)c2ccccc21. The van der Waals surface area contributed by atoms with Gasteiger partial charge in [-0.15, -0.1) is 0 Å². The average Bonchev–Trinajstić information content (AvgIpc) is 2.82. The maximum absolute atomic E-state index is 12.9. The van der Waals surface area contributed by atoms with Gasteiger partial charge in [-0.25, -0.2) is 0 Å². The van der Waals surface area contributed by atoms with Gasteiger partial charge in [0.2, 0.25) is 0 Å². The van der Waals surface area contributed by atoms with E-state index in [2.05, 4.69) is 0 Å². The van der Waals surface area contributed by atoms with E-state index in [1.807, 2.05) is 0 Å². The quantitative estimate of drug-likeness (QED) is 0.606. The van der Waals surface area contributed by atoms with Gasteiger partial charge in [0.1, 0.15) is 0 Å². The Morgan fingerprint density at radius 3 is 2.17 bits per heavy atom. The fraction of sp³-hybridized carbons (Fsp3) is 0.529. The highest BCUT2D eigenvalue weighted by atomic mass is 19.4. The van der Waals surface area contributed by atoms with Gasteiger partial charge in [0.15, 0.2) is 5.41 Å². The summed E-state index contributed by atoms with van der Waals surface area (Å²) < 4.78 is 48.8. The highest BCUT2D eigenvalue weighted by Crippen LogP contribution is 2.51. The van der Waals surface area contributed by atoms with E-state index in [0.29, 0.717) is 5.56 Å². The molecular weight excluding hydrogens is 325 g/mol. The van der Waals surface area contributed by atoms with Gasteiger partial charge in [0.25, 0.3) is 0 Å². The van der Waals surface area contributed by atoms with E-state index in [0.717, 1.165) is 0 Å². The summed E-state index contributed by atoms with van der Waals surface area (Å²) in [6.45, 7) is 3.19. The van der Waals surface area contributed by atoms with Crippen molar-refractivity contribution >= 4 is 11.9 Å². The van der Waals surface area contributed by atoms with Crippen molar-refractivity contribution in [3.8, 4) is 0 Å². The van der Waals surface area contributed by atoms with Gasteiger partial charge in [0.05, 0.1) is 19.6 Å². The minimum Gasteiger partial charge on any atom is -0.465 e. The molecule has 1 aliphatic carbocycles. The molecule has 0 fully saturated rings. The van der Waals surface area contributed by atoms with Crippen molar-refractivity contribution in [3.05, 3.63) is 35.4 Å². The van der Waals surface area contributed by atoms with Crippen molar-refractivity contribution in [1.82, 2.24) is 0 Å². The molecular formula is C17H19F3O4. The molecule has 1 atom stereocenters. The van der Waals surface area contributed by atoms with E-state index in [1.54, 1.807) is 26.0 Å². The molecule has 1 unspecified atom stereocenters. The van der Waals surface area contributed by atoms with Crippen LogP contribution < -0.4 is 0 Å². The third kappa shape index (κ3) is 3.25. The van der Waals surface area contributed by atoms with Crippen molar-refractivity contribution in [1.29, 1.82) is 0 Å². The highest BCUT2D eigenvalue weighted by Gasteiger charge is 2.58. The monoisotopic (exact) mass is 344 g/mol. The van der Waals surface area contributed by atoms with Crippen LogP contribution in [0.3, 0.4) is 0 Å². The minimum atomic E-state index is -4.41. The molecule has 24 heavy (non-hydrogen) atoms. The van der Waals surface area contributed by atoms with E-state index < -0.39 is 35.9 Å². The number of carbonyl (C=O) groups excluding carboxylic acids is 2. The smallest absolute Gasteiger partial charge is 0.389 e. The highest BCUT2D eigenvalue weighted by molar-refractivity contribution is 6.07. The van der Waals surface area contributed by atoms with Crippen molar-refractivity contribution in [3.63, 3.8) is 0 Å². The van der Waals surface area contributed by atoms with Crippen molar-refractivity contribution in [2.75, 3.05) is 13.2 Å². The lowest BCUT2D eigenvalue weighted by Gasteiger charge is -2.26. The van der Waals surface area contributed by atoms with Crippen LogP contribution in [0.2, 0.25) is 0 Å². The molecule has 0 N–H and O–H groups in total. The number of alkyl halides is 3.